The Balaban J connectivity index is 2.87. The van der Waals surface area contributed by atoms with Crippen molar-refractivity contribution in [3.8, 4) is 5.75 Å². The van der Waals surface area contributed by atoms with E-state index in [1.807, 2.05) is 36.4 Å². The average molecular weight is 487 g/mol. The number of nitrogens with zero attached hydrogens (tertiary/aromatic N) is 1. The number of alkyl halides is 3. The second-order valence-corrected chi connectivity index (χ2v) is 8.59. The van der Waals surface area contributed by atoms with Crippen LogP contribution in [0.1, 0.15) is 40.2 Å². The maximum Gasteiger partial charge on any atom is 0.422 e. The van der Waals surface area contributed by atoms with E-state index in [-0.39, 0.29) is 11.7 Å². The summed E-state index contributed by atoms with van der Waals surface area (Å²) < 4.78 is 47.6. The lowest BCUT2D eigenvalue weighted by atomic mass is 10.1. The van der Waals surface area contributed by atoms with Crippen molar-refractivity contribution >= 4 is 28.7 Å². The van der Waals surface area contributed by atoms with Gasteiger partial charge in [-0.2, -0.15) is 13.2 Å². The maximum atomic E-state index is 12.4. The number of ether oxygens (including phenoxy) is 2. The molecule has 0 N–H and O–H groups in total. The van der Waals surface area contributed by atoms with Gasteiger partial charge in [-0.3, -0.25) is 0 Å². The van der Waals surface area contributed by atoms with Crippen LogP contribution >= 0.6 is 22.6 Å². The minimum Gasteiger partial charge on any atom is -0.483 e. The van der Waals surface area contributed by atoms with Gasteiger partial charge >= 0.3 is 12.3 Å². The van der Waals surface area contributed by atoms with Gasteiger partial charge in [-0.1, -0.05) is 19.9 Å². The zero-order valence-electron chi connectivity index (χ0n) is 15.6. The fourth-order valence-electron chi connectivity index (χ4n) is 2.11. The van der Waals surface area contributed by atoms with Crippen LogP contribution in [0.3, 0.4) is 0 Å². The number of halogens is 4. The summed E-state index contributed by atoms with van der Waals surface area (Å²) in [6.07, 6.45) is -4.80. The molecule has 148 valence electrons. The molecule has 1 amide bonds. The van der Waals surface area contributed by atoms with Gasteiger partial charge in [0.2, 0.25) is 0 Å². The summed E-state index contributed by atoms with van der Waals surface area (Å²) in [6.45, 7) is 8.88. The number of carbonyl (C=O) groups excluding carboxylic acids is 1. The molecular weight excluding hydrogens is 462 g/mol. The zero-order chi connectivity index (χ0) is 20.1. The normalized spacial score (nSPS) is 12.2. The van der Waals surface area contributed by atoms with E-state index in [4.69, 9.17) is 9.47 Å². The van der Waals surface area contributed by atoms with Crippen molar-refractivity contribution < 1.29 is 27.4 Å². The van der Waals surface area contributed by atoms with Gasteiger partial charge in [-0.15, -0.1) is 0 Å². The molecule has 0 aromatic heterocycles. The van der Waals surface area contributed by atoms with E-state index in [0.717, 1.165) is 5.56 Å². The lowest BCUT2D eigenvalue weighted by Crippen LogP contribution is -2.38. The molecular formula is C18H25F3INO3. The molecule has 0 spiro atoms. The van der Waals surface area contributed by atoms with Crippen LogP contribution in [0, 0.1) is 9.49 Å². The monoisotopic (exact) mass is 487 g/mol. The van der Waals surface area contributed by atoms with Gasteiger partial charge in [-0.25, -0.2) is 4.79 Å². The lowest BCUT2D eigenvalue weighted by molar-refractivity contribution is -0.153. The van der Waals surface area contributed by atoms with Gasteiger partial charge in [0.1, 0.15) is 11.4 Å². The molecule has 0 atom stereocenters. The predicted molar refractivity (Wildman–Crippen MR) is 102 cm³/mol. The van der Waals surface area contributed by atoms with Gasteiger partial charge < -0.3 is 14.4 Å². The van der Waals surface area contributed by atoms with Crippen molar-refractivity contribution in [3.05, 3.63) is 27.3 Å². The van der Waals surface area contributed by atoms with Crippen LogP contribution in [-0.4, -0.2) is 35.9 Å². The Hall–Kier alpha value is -1.19. The quantitative estimate of drug-likeness (QED) is 0.489. The molecule has 26 heavy (non-hydrogen) atoms. The van der Waals surface area contributed by atoms with Crippen LogP contribution in [0.25, 0.3) is 0 Å². The van der Waals surface area contributed by atoms with E-state index in [1.54, 1.807) is 37.8 Å². The van der Waals surface area contributed by atoms with Gasteiger partial charge in [0.15, 0.2) is 6.61 Å². The summed E-state index contributed by atoms with van der Waals surface area (Å²) in [7, 11) is 0. The second kappa shape index (κ2) is 9.14. The molecule has 0 bridgehead atoms. The number of hydrogen-bond acceptors (Lipinski definition) is 3. The van der Waals surface area contributed by atoms with Crippen LogP contribution in [0.15, 0.2) is 18.2 Å². The molecule has 1 rings (SSSR count). The predicted octanol–water partition coefficient (Wildman–Crippen LogP) is 5.63. The van der Waals surface area contributed by atoms with Crippen LogP contribution in [0.5, 0.6) is 5.75 Å². The molecule has 8 heteroatoms. The molecule has 0 unspecified atom stereocenters. The molecule has 1 aromatic rings. The molecule has 0 fully saturated rings. The first-order valence-corrected chi connectivity index (χ1v) is 9.30. The van der Waals surface area contributed by atoms with E-state index in [0.29, 0.717) is 16.7 Å². The minimum absolute atomic E-state index is 0.166. The van der Waals surface area contributed by atoms with E-state index < -0.39 is 24.5 Å². The van der Waals surface area contributed by atoms with Gasteiger partial charge in [-0.05, 0) is 67.0 Å². The van der Waals surface area contributed by atoms with Gasteiger partial charge in [0, 0.05) is 13.1 Å². The Labute approximate surface area is 166 Å². The van der Waals surface area contributed by atoms with Crippen LogP contribution < -0.4 is 4.74 Å². The first kappa shape index (κ1) is 22.9. The standard InChI is InChI=1S/C18H25F3INO3/c1-12(2)9-23(16(24)26-17(3,4)5)10-13-6-7-15(14(22)8-13)25-11-18(19,20)21/h6-8,12H,9-11H2,1-5H3. The zero-order valence-corrected chi connectivity index (χ0v) is 17.8. The SMILES string of the molecule is CC(C)CN(Cc1ccc(OCC(F)(F)F)c(I)c1)C(=O)OC(C)(C)C. The fraction of sp³-hybridized carbons (Fsp3) is 0.611. The first-order valence-electron chi connectivity index (χ1n) is 8.23. The molecule has 0 saturated carbocycles. The second-order valence-electron chi connectivity index (χ2n) is 7.42. The fourth-order valence-corrected chi connectivity index (χ4v) is 2.85. The average Bonchev–Trinajstić information content (AvgIpc) is 2.42. The third-order valence-electron chi connectivity index (χ3n) is 3.00. The highest BCUT2D eigenvalue weighted by Crippen LogP contribution is 2.26. The van der Waals surface area contributed by atoms with E-state index >= 15 is 0 Å². The molecule has 0 aliphatic rings. The third kappa shape index (κ3) is 8.95. The highest BCUT2D eigenvalue weighted by atomic mass is 127. The van der Waals surface area contributed by atoms with Crippen molar-refractivity contribution in [2.75, 3.05) is 13.2 Å². The molecule has 0 heterocycles. The summed E-state index contributed by atoms with van der Waals surface area (Å²) in [5.74, 6) is 0.412. The largest absolute Gasteiger partial charge is 0.483 e. The lowest BCUT2D eigenvalue weighted by Gasteiger charge is -2.28. The van der Waals surface area contributed by atoms with Crippen LogP contribution in [0.2, 0.25) is 0 Å². The summed E-state index contributed by atoms with van der Waals surface area (Å²) in [5, 5.41) is 0. The molecule has 0 saturated heterocycles. The molecule has 0 aliphatic heterocycles. The molecule has 4 nitrogen and oxygen atoms in total. The van der Waals surface area contributed by atoms with Crippen molar-refractivity contribution in [2.24, 2.45) is 5.92 Å². The highest BCUT2D eigenvalue weighted by molar-refractivity contribution is 14.1. The number of benzene rings is 1. The summed E-state index contributed by atoms with van der Waals surface area (Å²) in [5.41, 5.74) is 0.191. The smallest absolute Gasteiger partial charge is 0.422 e. The van der Waals surface area contributed by atoms with Gasteiger partial charge in [0.25, 0.3) is 0 Å². The van der Waals surface area contributed by atoms with Crippen molar-refractivity contribution in [1.82, 2.24) is 4.90 Å². The Kier molecular flexibility index (Phi) is 8.04. The Morgan fingerprint density at radius 3 is 2.31 bits per heavy atom. The van der Waals surface area contributed by atoms with Crippen molar-refractivity contribution in [3.63, 3.8) is 0 Å². The summed E-state index contributed by atoms with van der Waals surface area (Å²) in [6, 6.07) is 4.86. The number of rotatable bonds is 6. The van der Waals surface area contributed by atoms with E-state index in [9.17, 15) is 18.0 Å². The summed E-state index contributed by atoms with van der Waals surface area (Å²) >= 11 is 1.92. The van der Waals surface area contributed by atoms with Crippen molar-refractivity contribution in [1.29, 1.82) is 0 Å². The molecule has 0 radical (unpaired) electrons. The molecule has 1 aromatic carbocycles. The Bertz CT molecular complexity index is 613. The Morgan fingerprint density at radius 2 is 1.85 bits per heavy atom. The maximum absolute atomic E-state index is 12.4. The first-order chi connectivity index (χ1) is 11.8. The number of carbonyl (C=O) groups is 1. The minimum atomic E-state index is -4.38. The van der Waals surface area contributed by atoms with E-state index in [1.165, 1.54) is 6.07 Å². The number of hydrogen-bond donors (Lipinski definition) is 0. The Morgan fingerprint density at radius 1 is 1.23 bits per heavy atom. The van der Waals surface area contributed by atoms with Crippen LogP contribution in [-0.2, 0) is 11.3 Å². The van der Waals surface area contributed by atoms with Crippen LogP contribution in [0.4, 0.5) is 18.0 Å². The topological polar surface area (TPSA) is 38.8 Å². The van der Waals surface area contributed by atoms with Crippen molar-refractivity contribution in [2.45, 2.75) is 52.9 Å². The molecule has 0 aliphatic carbocycles. The van der Waals surface area contributed by atoms with E-state index in [2.05, 4.69) is 0 Å². The number of amides is 1. The summed E-state index contributed by atoms with van der Waals surface area (Å²) in [4.78, 5) is 14.0. The third-order valence-corrected chi connectivity index (χ3v) is 3.84. The highest BCUT2D eigenvalue weighted by Gasteiger charge is 2.29. The van der Waals surface area contributed by atoms with Gasteiger partial charge in [0.05, 0.1) is 3.57 Å².